The van der Waals surface area contributed by atoms with Crippen molar-refractivity contribution in [2.45, 2.75) is 26.2 Å². The molecule has 11 aromatic rings. The fourth-order valence-corrected chi connectivity index (χ4v) is 11.1. The van der Waals surface area contributed by atoms with Crippen LogP contribution in [0.5, 0.6) is 0 Å². The molecule has 0 spiro atoms. The minimum absolute atomic E-state index is 0.123. The van der Waals surface area contributed by atoms with Gasteiger partial charge in [-0.2, -0.15) is 0 Å². The van der Waals surface area contributed by atoms with Crippen molar-refractivity contribution in [3.63, 3.8) is 0 Å². The first-order valence-electron chi connectivity index (χ1n) is 24.0. The first-order chi connectivity index (χ1) is 33.6. The maximum absolute atomic E-state index is 2.59. The Kier molecular flexibility index (Phi) is 10.6. The molecule has 0 heterocycles. The zero-order chi connectivity index (χ0) is 45.6. The van der Waals surface area contributed by atoms with Crippen LogP contribution in [0.4, 0.5) is 0 Å². The number of benzene rings is 11. The van der Waals surface area contributed by atoms with Gasteiger partial charge in [0.05, 0.1) is 0 Å². The van der Waals surface area contributed by atoms with Crippen LogP contribution in [-0.4, -0.2) is 0 Å². The molecule has 1 aliphatic carbocycles. The zero-order valence-corrected chi connectivity index (χ0v) is 38.5. The van der Waals surface area contributed by atoms with E-state index >= 15 is 0 Å². The Morgan fingerprint density at radius 3 is 1.68 bits per heavy atom. The van der Waals surface area contributed by atoms with Gasteiger partial charge in [0.15, 0.2) is 0 Å². The van der Waals surface area contributed by atoms with E-state index in [0.717, 1.165) is 6.42 Å². The van der Waals surface area contributed by atoms with Crippen molar-refractivity contribution in [2.75, 3.05) is 0 Å². The van der Waals surface area contributed by atoms with E-state index in [-0.39, 0.29) is 5.92 Å². The summed E-state index contributed by atoms with van der Waals surface area (Å²) < 4.78 is 0. The van der Waals surface area contributed by atoms with Gasteiger partial charge in [0.2, 0.25) is 0 Å². The third-order valence-electron chi connectivity index (χ3n) is 14.2. The summed E-state index contributed by atoms with van der Waals surface area (Å²) in [6, 6.07) is 81.1. The van der Waals surface area contributed by atoms with E-state index in [4.69, 9.17) is 0 Å². The van der Waals surface area contributed by atoms with Crippen molar-refractivity contribution in [2.24, 2.45) is 0 Å². The average molecular weight is 867 g/mol. The molecule has 322 valence electrons. The highest BCUT2D eigenvalue weighted by Crippen LogP contribution is 2.49. The van der Waals surface area contributed by atoms with Crippen molar-refractivity contribution < 1.29 is 0 Å². The highest BCUT2D eigenvalue weighted by atomic mass is 14.3. The largest absolute Gasteiger partial charge is 0.0870 e. The molecule has 1 atom stereocenters. The lowest BCUT2D eigenvalue weighted by atomic mass is 9.77. The average Bonchev–Trinajstić information content (AvgIpc) is 3.41. The summed E-state index contributed by atoms with van der Waals surface area (Å²) in [6.45, 7) is 4.32. The number of fused-ring (bicyclic) bond motifs is 4. The van der Waals surface area contributed by atoms with Crippen molar-refractivity contribution >= 4 is 54.7 Å². The van der Waals surface area contributed by atoms with Crippen molar-refractivity contribution in [3.05, 3.63) is 265 Å². The fourth-order valence-electron chi connectivity index (χ4n) is 11.1. The third-order valence-corrected chi connectivity index (χ3v) is 14.2. The second-order valence-electron chi connectivity index (χ2n) is 18.2. The summed E-state index contributed by atoms with van der Waals surface area (Å²) in [5.41, 5.74) is 18.7. The normalized spacial score (nSPS) is 13.8. The molecule has 68 heavy (non-hydrogen) atoms. The SMILES string of the molecule is C/C=C\c1c(C)ccc2ccc(-c3c4ccccc4c(C4C=C(c5c(-c6ccccc6)cc(-c6ccccc6)cc5-c5ccccc5-c5cccc6ccccc56)C=CC4)c4ccccc34)cc12. The van der Waals surface area contributed by atoms with E-state index < -0.39 is 0 Å². The van der Waals surface area contributed by atoms with E-state index in [1.165, 1.54) is 127 Å². The molecular weight excluding hydrogens is 817 g/mol. The second kappa shape index (κ2) is 17.5. The standard InChI is InChI=1S/C68H50/c1-3-20-54-45(2)37-38-49-39-40-52(42-63(49)54)67-61-34-16-14-32-59(61)66(60-33-15-17-35-62(60)67)50-27-18-28-51(41-50)68-64(48-23-8-5-9-24-48)43-53(46-21-6-4-7-22-46)44-65(68)58-31-13-12-30-57(58)56-36-19-26-47-25-10-11-29-55(47)56/h3-26,28-44,50H,27H2,1-2H3/b20-3-. The summed E-state index contributed by atoms with van der Waals surface area (Å²) >= 11 is 0. The molecule has 0 amide bonds. The Morgan fingerprint density at radius 2 is 0.956 bits per heavy atom. The molecule has 1 unspecified atom stereocenters. The molecule has 0 saturated heterocycles. The second-order valence-corrected chi connectivity index (χ2v) is 18.2. The van der Waals surface area contributed by atoms with Crippen molar-refractivity contribution in [3.8, 4) is 55.6 Å². The number of hydrogen-bond acceptors (Lipinski definition) is 0. The fraction of sp³-hybridized carbons (Fsp3) is 0.0588. The van der Waals surface area contributed by atoms with Gasteiger partial charge in [-0.3, -0.25) is 0 Å². The maximum Gasteiger partial charge on any atom is 0.00741 e. The topological polar surface area (TPSA) is 0 Å². The molecule has 12 rings (SSSR count). The van der Waals surface area contributed by atoms with Crippen LogP contribution in [0, 0.1) is 6.92 Å². The van der Waals surface area contributed by atoms with E-state index in [1.54, 1.807) is 0 Å². The lowest BCUT2D eigenvalue weighted by molar-refractivity contribution is 0.873. The van der Waals surface area contributed by atoms with E-state index in [0.29, 0.717) is 0 Å². The minimum atomic E-state index is 0.123. The number of hydrogen-bond donors (Lipinski definition) is 0. The Hall–Kier alpha value is -8.32. The molecule has 1 aliphatic rings. The van der Waals surface area contributed by atoms with Gasteiger partial charge in [0, 0.05) is 5.92 Å². The number of allylic oxidation sites excluding steroid dienone is 5. The zero-order valence-electron chi connectivity index (χ0n) is 38.5. The Morgan fingerprint density at radius 1 is 0.397 bits per heavy atom. The minimum Gasteiger partial charge on any atom is -0.0870 e. The van der Waals surface area contributed by atoms with Crippen molar-refractivity contribution in [1.82, 2.24) is 0 Å². The van der Waals surface area contributed by atoms with Gasteiger partial charge < -0.3 is 0 Å². The first kappa shape index (κ1) is 41.1. The van der Waals surface area contributed by atoms with Gasteiger partial charge >= 0.3 is 0 Å². The molecule has 0 fully saturated rings. The number of rotatable bonds is 8. The summed E-state index contributed by atoms with van der Waals surface area (Å²) in [5.74, 6) is 0.123. The van der Waals surface area contributed by atoms with Gasteiger partial charge in [0.25, 0.3) is 0 Å². The van der Waals surface area contributed by atoms with Gasteiger partial charge in [-0.25, -0.2) is 0 Å². The van der Waals surface area contributed by atoms with Crippen LogP contribution < -0.4 is 0 Å². The molecular formula is C68H50. The number of aryl methyl sites for hydroxylation is 1. The summed E-state index contributed by atoms with van der Waals surface area (Å²) in [4.78, 5) is 0. The lowest BCUT2D eigenvalue weighted by Gasteiger charge is -2.26. The van der Waals surface area contributed by atoms with Crippen LogP contribution in [0.2, 0.25) is 0 Å². The molecule has 0 bridgehead atoms. The van der Waals surface area contributed by atoms with Gasteiger partial charge in [-0.05, 0) is 165 Å². The Bertz CT molecular complexity index is 3760. The molecule has 0 nitrogen and oxygen atoms in total. The van der Waals surface area contributed by atoms with Crippen LogP contribution in [0.25, 0.3) is 110 Å². The van der Waals surface area contributed by atoms with E-state index in [1.807, 2.05) is 0 Å². The Balaban J connectivity index is 1.11. The van der Waals surface area contributed by atoms with Crippen LogP contribution in [0.3, 0.4) is 0 Å². The molecule has 0 heteroatoms. The van der Waals surface area contributed by atoms with E-state index in [9.17, 15) is 0 Å². The third kappa shape index (κ3) is 7.18. The van der Waals surface area contributed by atoms with Gasteiger partial charge in [0.1, 0.15) is 0 Å². The van der Waals surface area contributed by atoms with Crippen LogP contribution in [0.1, 0.15) is 41.5 Å². The molecule has 11 aromatic carbocycles. The molecule has 0 N–H and O–H groups in total. The molecule has 0 aliphatic heterocycles. The molecule has 0 aromatic heterocycles. The van der Waals surface area contributed by atoms with Gasteiger partial charge in [-0.15, -0.1) is 0 Å². The Labute approximate surface area is 399 Å². The molecule has 0 radical (unpaired) electrons. The smallest absolute Gasteiger partial charge is 0.00741 e. The highest BCUT2D eigenvalue weighted by Gasteiger charge is 2.26. The highest BCUT2D eigenvalue weighted by molar-refractivity contribution is 6.16. The molecule has 0 saturated carbocycles. The summed E-state index contributed by atoms with van der Waals surface area (Å²) in [6.07, 6.45) is 12.7. The predicted molar refractivity (Wildman–Crippen MR) is 294 cm³/mol. The lowest BCUT2D eigenvalue weighted by Crippen LogP contribution is -2.04. The first-order valence-corrected chi connectivity index (χ1v) is 24.0. The van der Waals surface area contributed by atoms with Gasteiger partial charge in [-0.1, -0.05) is 231 Å². The summed E-state index contributed by atoms with van der Waals surface area (Å²) in [7, 11) is 0. The van der Waals surface area contributed by atoms with E-state index in [2.05, 4.69) is 263 Å². The van der Waals surface area contributed by atoms with Crippen LogP contribution in [0.15, 0.2) is 243 Å². The summed E-state index contributed by atoms with van der Waals surface area (Å²) in [5, 5.41) is 10.2. The maximum atomic E-state index is 2.59. The van der Waals surface area contributed by atoms with Crippen molar-refractivity contribution in [1.29, 1.82) is 0 Å². The van der Waals surface area contributed by atoms with Crippen LogP contribution in [-0.2, 0) is 0 Å². The predicted octanol–water partition coefficient (Wildman–Crippen LogP) is 19.1. The monoisotopic (exact) mass is 866 g/mol. The van der Waals surface area contributed by atoms with Crippen LogP contribution >= 0.6 is 0 Å². The quantitative estimate of drug-likeness (QED) is 0.134.